The SMILES string of the molecule is C#CC1=C(N2CCC3(CC2)CC3)c2nc(CC)ccc2CC1=O.C#CC1=C(N2CCC3(CC2)CC3)c2nc(OC)ccc2CC1=O.C#CC1=C(N2CCC3(CCC3)CC2)c2nc(C)ccc2CC1=O.C#CC1=C(N2CCC3(CCC3)CC2)c2nc(CN)ccc2CC1=O.C#CC1=C(N2CCC3(CCC3)CC2)c2nc(OC)ccc2CC1=O.[C-]#[N+]c1ccc2c(n1)C(N1CCC3(CCC3)CC1)=C(C#C)C(=O)C2. The van der Waals surface area contributed by atoms with E-state index in [1.807, 2.05) is 61.5 Å². The molecule has 141 heavy (non-hydrogen) atoms. The van der Waals surface area contributed by atoms with Crippen molar-refractivity contribution in [1.29, 1.82) is 0 Å². The monoisotopic (exact) mass is 1880 g/mol. The Labute approximate surface area is 831 Å². The smallest absolute Gasteiger partial charge is 0.270 e. The molecule has 18 aliphatic rings. The Bertz CT molecular complexity index is 6350. The minimum absolute atomic E-state index is 0.0127. The van der Waals surface area contributed by atoms with Crippen molar-refractivity contribution in [2.24, 2.45) is 38.2 Å². The van der Waals surface area contributed by atoms with Crippen molar-refractivity contribution < 1.29 is 38.2 Å². The molecule has 0 radical (unpaired) electrons. The van der Waals surface area contributed by atoms with E-state index < -0.39 is 0 Å². The lowest BCUT2D eigenvalue weighted by molar-refractivity contribution is -0.115. The summed E-state index contributed by atoms with van der Waals surface area (Å²) in [6, 6.07) is 23.0. The lowest BCUT2D eigenvalue weighted by Crippen LogP contribution is -2.43. The Morgan fingerprint density at radius 1 is 0.312 bits per heavy atom. The Balaban J connectivity index is 0.000000108. The van der Waals surface area contributed by atoms with Crippen molar-refractivity contribution in [3.8, 4) is 85.8 Å². The van der Waals surface area contributed by atoms with Gasteiger partial charge in [-0.25, -0.2) is 15.0 Å². The zero-order chi connectivity index (χ0) is 98.3. The zero-order valence-corrected chi connectivity index (χ0v) is 82.5. The molecular formula is C119H128N14O8. The number of ketones is 6. The largest absolute Gasteiger partial charge is 0.481 e. The van der Waals surface area contributed by atoms with Crippen LogP contribution in [0.3, 0.4) is 0 Å². The fourth-order valence-electron chi connectivity index (χ4n) is 24.8. The highest BCUT2D eigenvalue weighted by Crippen LogP contribution is 2.58. The van der Waals surface area contributed by atoms with Gasteiger partial charge in [0.15, 0.2) is 40.4 Å². The molecule has 0 bridgehead atoms. The number of methoxy groups -OCH3 is 2. The van der Waals surface area contributed by atoms with Crippen molar-refractivity contribution in [3.05, 3.63) is 202 Å². The molecule has 6 aliphatic heterocycles. The number of rotatable bonds is 10. The van der Waals surface area contributed by atoms with Crippen molar-refractivity contribution in [3.63, 3.8) is 0 Å². The lowest BCUT2D eigenvalue weighted by Gasteiger charge is -2.49. The summed E-state index contributed by atoms with van der Waals surface area (Å²) in [4.78, 5) is 120. The highest BCUT2D eigenvalue weighted by Gasteiger charge is 2.51. The maximum Gasteiger partial charge on any atom is 0.270 e. The van der Waals surface area contributed by atoms with E-state index in [4.69, 9.17) is 75.3 Å². The van der Waals surface area contributed by atoms with Gasteiger partial charge < -0.3 is 49.5 Å². The van der Waals surface area contributed by atoms with Crippen molar-refractivity contribution in [1.82, 2.24) is 59.3 Å². The maximum absolute atomic E-state index is 12.5. The molecule has 6 aromatic heterocycles. The van der Waals surface area contributed by atoms with Crippen LogP contribution in [0.15, 0.2) is 106 Å². The average molecular weight is 1880 g/mol. The Morgan fingerprint density at radius 3 is 0.773 bits per heavy atom. The number of nitrogens with two attached hydrogens (primary N) is 1. The number of hydrogen-bond acceptors (Lipinski definition) is 21. The highest BCUT2D eigenvalue weighted by atomic mass is 16.5. The number of fused-ring (bicyclic) bond motifs is 6. The second-order valence-corrected chi connectivity index (χ2v) is 42.8. The van der Waals surface area contributed by atoms with E-state index in [0.717, 1.165) is 217 Å². The van der Waals surface area contributed by atoms with E-state index in [2.05, 4.69) is 97.7 Å². The van der Waals surface area contributed by atoms with Gasteiger partial charge in [0.25, 0.3) is 5.82 Å². The van der Waals surface area contributed by atoms with Gasteiger partial charge in [-0.05, 0) is 252 Å². The zero-order valence-electron chi connectivity index (χ0n) is 82.5. The minimum atomic E-state index is -0.0127. The van der Waals surface area contributed by atoms with Gasteiger partial charge in [-0.3, -0.25) is 38.7 Å². The van der Waals surface area contributed by atoms with Gasteiger partial charge >= 0.3 is 0 Å². The van der Waals surface area contributed by atoms with E-state index in [1.54, 1.807) is 26.4 Å². The fourth-order valence-corrected chi connectivity index (χ4v) is 24.8. The predicted octanol–water partition coefficient (Wildman–Crippen LogP) is 17.0. The highest BCUT2D eigenvalue weighted by molar-refractivity contribution is 6.14. The first-order valence-corrected chi connectivity index (χ1v) is 51.5. The summed E-state index contributed by atoms with van der Waals surface area (Å²) in [6.07, 6.45) is 73.0. The molecule has 6 saturated heterocycles. The number of hydrogen-bond donors (Lipinski definition) is 1. The first-order valence-electron chi connectivity index (χ1n) is 51.5. The molecule has 6 spiro atoms. The summed E-state index contributed by atoms with van der Waals surface area (Å²) in [5.74, 6) is 17.5. The van der Waals surface area contributed by atoms with E-state index in [1.165, 1.54) is 167 Å². The van der Waals surface area contributed by atoms with Crippen LogP contribution >= 0.6 is 0 Å². The van der Waals surface area contributed by atoms with Crippen LogP contribution in [-0.4, -0.2) is 187 Å². The molecular weight excluding hydrogens is 1750 g/mol. The number of pyridine rings is 6. The minimum Gasteiger partial charge on any atom is -0.481 e. The molecule has 12 heterocycles. The van der Waals surface area contributed by atoms with E-state index in [9.17, 15) is 28.8 Å². The molecule has 0 unspecified atom stereocenters. The van der Waals surface area contributed by atoms with Gasteiger partial charge in [0.05, 0.1) is 110 Å². The number of carbonyl (C=O) groups excluding carboxylic acids is 6. The number of terminal acetylenes is 6. The van der Waals surface area contributed by atoms with Gasteiger partial charge in [-0.1, -0.05) is 111 Å². The summed E-state index contributed by atoms with van der Waals surface area (Å²) >= 11 is 0. The number of Topliss-reactive ketones (excluding diaryl/α,β-unsaturated/α-hetero) is 6. The Hall–Kier alpha value is -13.4. The normalized spacial score (nSPS) is 22.1. The number of ether oxygens (including phenoxy) is 2. The molecule has 24 rings (SSSR count). The van der Waals surface area contributed by atoms with Crippen molar-refractivity contribution in [2.45, 2.75) is 245 Å². The lowest BCUT2D eigenvalue weighted by atomic mass is 9.63. The number of allylic oxidation sites excluding steroid dienone is 6. The van der Waals surface area contributed by atoms with Gasteiger partial charge in [-0.15, -0.1) is 43.5 Å². The fraction of sp³-hybridized carbons (Fsp3) is 0.487. The molecule has 6 saturated carbocycles. The third kappa shape index (κ3) is 19.1. The number of aryl methyl sites for hydroxylation is 2. The van der Waals surface area contributed by atoms with Crippen molar-refractivity contribution >= 4 is 74.7 Å². The van der Waals surface area contributed by atoms with Crippen LogP contribution in [-0.2, 0) is 80.3 Å². The molecule has 12 aliphatic carbocycles. The standard InChI is InChI=1S/C20H19N3O.C20H23N3O.C20H22N2O2.2C20H22N2O.C19H20N2O2/c1-3-15-16(24)13-14-5-6-17(21-2)22-18(14)19(15)23-11-9-20(10-12-23)7-4-8-20;1-2-16-17(24)12-14-4-5-15(13-21)22-18(14)19(16)23-10-8-20(9-11-23)6-3-7-20;1-3-15-16(23)13-14-5-6-17(24-2)21-18(14)19(15)22-11-9-20(10-12-22)7-4-8-20;1-3-16-17(23)13-15-6-5-14(2)21-18(15)19(16)22-11-9-20(10-12-22)7-4-8-20;1-3-15-6-5-14-13-17(23)16(4-2)19(18(14)21-15)22-11-9-20(7-8-20)10-12-22;1-3-14-15(22)12-13-4-5-16(23-2)20-17(13)18(14)21-10-8-19(6-7-19)9-11-21/h1,5-6H,4,7-13H2;1,4-5H,3,6-13,21H2;1,5-6H,4,7-13H2,2H3;1,5-6H,4,7-13H2,2H3;2,5-6H,3,7-13H2,1H3;1,4-5H,6-12H2,2H3. The molecule has 12 fully saturated rings. The molecule has 0 atom stereocenters. The number of aromatic nitrogens is 6. The predicted molar refractivity (Wildman–Crippen MR) is 547 cm³/mol. The van der Waals surface area contributed by atoms with Gasteiger partial charge in [-0.2, -0.15) is 0 Å². The molecule has 22 heteroatoms. The number of likely N-dealkylation sites (tertiary alicyclic amines) is 6. The van der Waals surface area contributed by atoms with Gasteiger partial charge in [0.1, 0.15) is 5.70 Å². The summed E-state index contributed by atoms with van der Waals surface area (Å²) in [6.45, 7) is 23.2. The quantitative estimate of drug-likeness (QED) is 0.0988. The molecule has 722 valence electrons. The summed E-state index contributed by atoms with van der Waals surface area (Å²) in [5, 5.41) is 0. The maximum atomic E-state index is 12.5. The van der Waals surface area contributed by atoms with Crippen LogP contribution in [0.25, 0.3) is 39.0 Å². The van der Waals surface area contributed by atoms with Crippen LogP contribution in [0.4, 0.5) is 5.82 Å². The van der Waals surface area contributed by atoms with Crippen LogP contribution in [0, 0.1) is 120 Å². The van der Waals surface area contributed by atoms with E-state index in [0.29, 0.717) is 122 Å². The molecule has 0 aromatic carbocycles. The molecule has 22 nitrogen and oxygen atoms in total. The third-order valence-corrected chi connectivity index (χ3v) is 35.0. The number of carbonyl (C=O) groups is 6. The van der Waals surface area contributed by atoms with E-state index in [-0.39, 0.29) is 41.1 Å². The second-order valence-electron chi connectivity index (χ2n) is 42.8. The van der Waals surface area contributed by atoms with E-state index >= 15 is 0 Å². The number of piperidine rings is 6. The van der Waals surface area contributed by atoms with Crippen LogP contribution in [0.5, 0.6) is 11.8 Å². The molecule has 2 N–H and O–H groups in total. The third-order valence-electron chi connectivity index (χ3n) is 35.0. The molecule has 6 aromatic rings. The average Bonchev–Trinajstić information content (AvgIpc) is 1.39. The van der Waals surface area contributed by atoms with Crippen LogP contribution < -0.4 is 15.2 Å². The Kier molecular flexibility index (Phi) is 27.3. The first-order chi connectivity index (χ1) is 68.4. The number of nitrogens with zero attached hydrogens (tertiary/aromatic N) is 13. The van der Waals surface area contributed by atoms with Gasteiger partial charge in [0, 0.05) is 153 Å². The second kappa shape index (κ2) is 39.9. The summed E-state index contributed by atoms with van der Waals surface area (Å²) < 4.78 is 10.5. The first kappa shape index (κ1) is 96.4. The van der Waals surface area contributed by atoms with Gasteiger partial charge in [0.2, 0.25) is 11.8 Å². The summed E-state index contributed by atoms with van der Waals surface area (Å²) in [7, 11) is 3.21. The Morgan fingerprint density at radius 2 is 0.539 bits per heavy atom. The topological polar surface area (TPSA) is 248 Å². The van der Waals surface area contributed by atoms with Crippen molar-refractivity contribution in [2.75, 3.05) is 92.8 Å². The van der Waals surface area contributed by atoms with Crippen LogP contribution in [0.2, 0.25) is 0 Å². The molecule has 0 amide bonds. The van der Waals surface area contributed by atoms with Crippen LogP contribution in [0.1, 0.15) is 271 Å². The summed E-state index contributed by atoms with van der Waals surface area (Å²) in [5.41, 5.74) is 31.0.